The maximum absolute atomic E-state index is 10.8. The van der Waals surface area contributed by atoms with Gasteiger partial charge in [-0.1, -0.05) is 41.9 Å². The van der Waals surface area contributed by atoms with E-state index < -0.39 is 24.0 Å². The molecule has 8 heteroatoms. The van der Waals surface area contributed by atoms with E-state index in [1.165, 1.54) is 6.33 Å². The van der Waals surface area contributed by atoms with Crippen LogP contribution >= 0.6 is 11.6 Å². The Kier molecular flexibility index (Phi) is 3.96. The van der Waals surface area contributed by atoms with Crippen LogP contribution in [0.2, 0.25) is 5.15 Å². The van der Waals surface area contributed by atoms with Gasteiger partial charge in [0.2, 0.25) is 0 Å². The number of aliphatic hydroxyl groups excluding tert-OH is 2. The van der Waals surface area contributed by atoms with Crippen LogP contribution < -0.4 is 0 Å². The van der Waals surface area contributed by atoms with Gasteiger partial charge in [-0.25, -0.2) is 9.97 Å². The number of fused-ring (bicyclic) bond motifs is 1. The van der Waals surface area contributed by atoms with Crippen molar-refractivity contribution in [3.8, 4) is 0 Å². The van der Waals surface area contributed by atoms with Crippen LogP contribution in [0.5, 0.6) is 0 Å². The fourth-order valence-corrected chi connectivity index (χ4v) is 4.25. The molecule has 5 atom stereocenters. The van der Waals surface area contributed by atoms with E-state index in [4.69, 9.17) is 21.1 Å². The number of halogens is 1. The Hall–Kier alpha value is -2.03. The van der Waals surface area contributed by atoms with Crippen LogP contribution in [0.1, 0.15) is 24.3 Å². The van der Waals surface area contributed by atoms with Crippen LogP contribution in [-0.2, 0) is 9.47 Å². The van der Waals surface area contributed by atoms with Crippen molar-refractivity contribution in [2.75, 3.05) is 6.61 Å². The van der Waals surface area contributed by atoms with Crippen molar-refractivity contribution < 1.29 is 19.7 Å². The molecule has 2 aliphatic rings. The molecule has 2 aromatic heterocycles. The summed E-state index contributed by atoms with van der Waals surface area (Å²) in [5.74, 6) is 0. The zero-order valence-corrected chi connectivity index (χ0v) is 15.0. The minimum absolute atomic E-state index is 0.190. The molecule has 0 aliphatic carbocycles. The first-order chi connectivity index (χ1) is 13.1. The van der Waals surface area contributed by atoms with E-state index in [1.54, 1.807) is 16.8 Å². The van der Waals surface area contributed by atoms with Gasteiger partial charge in [0.05, 0.1) is 18.1 Å². The van der Waals surface area contributed by atoms with Gasteiger partial charge in [0.1, 0.15) is 34.9 Å². The highest BCUT2D eigenvalue weighted by atomic mass is 35.5. The van der Waals surface area contributed by atoms with Gasteiger partial charge in [-0.3, -0.25) is 0 Å². The van der Waals surface area contributed by atoms with Crippen molar-refractivity contribution in [2.45, 2.75) is 36.6 Å². The van der Waals surface area contributed by atoms with E-state index in [9.17, 15) is 10.2 Å². The minimum atomic E-state index is -1.12. The predicted octanol–water partition coefficient (Wildman–Crippen LogP) is 2.24. The maximum Gasteiger partial charge on any atom is 0.164 e. The molecule has 0 amide bonds. The molecular formula is C19H18ClN3O4. The van der Waals surface area contributed by atoms with Crippen LogP contribution in [0.4, 0.5) is 0 Å². The number of nitrogens with zero attached hydrogens (tertiary/aromatic N) is 3. The van der Waals surface area contributed by atoms with Gasteiger partial charge in [0, 0.05) is 12.6 Å². The molecule has 2 N–H and O–H groups in total. The summed E-state index contributed by atoms with van der Waals surface area (Å²) in [5.41, 5.74) is 0.591. The zero-order valence-electron chi connectivity index (χ0n) is 14.3. The summed E-state index contributed by atoms with van der Waals surface area (Å²) in [6, 6.07) is 11.6. The highest BCUT2D eigenvalue weighted by molar-refractivity contribution is 6.33. The number of aromatic nitrogens is 3. The lowest BCUT2D eigenvalue weighted by Gasteiger charge is -2.25. The Morgan fingerprint density at radius 2 is 1.96 bits per heavy atom. The Bertz CT molecular complexity index is 982. The molecule has 0 saturated carbocycles. The van der Waals surface area contributed by atoms with Gasteiger partial charge < -0.3 is 24.3 Å². The number of ether oxygens (including phenoxy) is 2. The third-order valence-electron chi connectivity index (χ3n) is 5.48. The smallest absolute Gasteiger partial charge is 0.164 e. The zero-order chi connectivity index (χ0) is 18.6. The average molecular weight is 388 g/mol. The molecule has 0 radical (unpaired) electrons. The van der Waals surface area contributed by atoms with E-state index in [0.717, 1.165) is 5.56 Å². The molecule has 140 valence electrons. The molecule has 27 heavy (non-hydrogen) atoms. The molecule has 5 unspecified atom stereocenters. The van der Waals surface area contributed by atoms with Gasteiger partial charge in [-0.05, 0) is 11.6 Å². The molecule has 1 aromatic carbocycles. The van der Waals surface area contributed by atoms with Crippen molar-refractivity contribution in [1.29, 1.82) is 0 Å². The SMILES string of the molecule is OC1C(n2ccc3c(Cl)ncnc32)OC2(COC(c3ccccc3)C2)C1O. The van der Waals surface area contributed by atoms with E-state index >= 15 is 0 Å². The highest BCUT2D eigenvalue weighted by Crippen LogP contribution is 2.48. The van der Waals surface area contributed by atoms with E-state index in [1.807, 2.05) is 30.3 Å². The fourth-order valence-electron chi connectivity index (χ4n) is 4.06. The molecule has 2 saturated heterocycles. The van der Waals surface area contributed by atoms with E-state index in [0.29, 0.717) is 22.6 Å². The number of hydrogen-bond donors (Lipinski definition) is 2. The van der Waals surface area contributed by atoms with Crippen LogP contribution in [-0.4, -0.2) is 49.2 Å². The lowest BCUT2D eigenvalue weighted by Crippen LogP contribution is -2.43. The molecule has 1 spiro atoms. The first-order valence-corrected chi connectivity index (χ1v) is 9.14. The first-order valence-electron chi connectivity index (χ1n) is 8.77. The van der Waals surface area contributed by atoms with Gasteiger partial charge in [-0.15, -0.1) is 0 Å². The summed E-state index contributed by atoms with van der Waals surface area (Å²) >= 11 is 6.11. The van der Waals surface area contributed by atoms with Gasteiger partial charge in [0.25, 0.3) is 0 Å². The normalized spacial score (nSPS) is 33.3. The van der Waals surface area contributed by atoms with Gasteiger partial charge in [-0.2, -0.15) is 0 Å². The van der Waals surface area contributed by atoms with Crippen molar-refractivity contribution >= 4 is 22.6 Å². The quantitative estimate of drug-likeness (QED) is 0.655. The standard InChI is InChI=1S/C19H18ClN3O4/c20-16-12-6-7-23(17(12)22-10-21-16)18-14(24)15(25)19(27-18)8-13(26-9-19)11-4-2-1-3-5-11/h1-7,10,13-15,18,24-25H,8-9H2. The fraction of sp³-hybridized carbons (Fsp3) is 0.368. The molecule has 5 rings (SSSR count). The van der Waals surface area contributed by atoms with Gasteiger partial charge >= 0.3 is 0 Å². The number of benzene rings is 1. The third kappa shape index (κ3) is 2.58. The van der Waals surface area contributed by atoms with Gasteiger partial charge in [0.15, 0.2) is 6.23 Å². The summed E-state index contributed by atoms with van der Waals surface area (Å²) in [5, 5.41) is 22.5. The van der Waals surface area contributed by atoms with Crippen molar-refractivity contribution in [1.82, 2.24) is 14.5 Å². The van der Waals surface area contributed by atoms with Crippen molar-refractivity contribution in [2.24, 2.45) is 0 Å². The maximum atomic E-state index is 10.8. The average Bonchev–Trinajstić information content (AvgIpc) is 3.37. The molecule has 0 bridgehead atoms. The Labute approximate surface area is 160 Å². The number of aliphatic hydroxyl groups is 2. The van der Waals surface area contributed by atoms with E-state index in [-0.39, 0.29) is 12.7 Å². The summed E-state index contributed by atoms with van der Waals surface area (Å²) in [7, 11) is 0. The van der Waals surface area contributed by atoms with Crippen LogP contribution in [0.25, 0.3) is 11.0 Å². The lowest BCUT2D eigenvalue weighted by atomic mass is 9.90. The largest absolute Gasteiger partial charge is 0.387 e. The minimum Gasteiger partial charge on any atom is -0.387 e. The Morgan fingerprint density at radius 1 is 1.15 bits per heavy atom. The highest BCUT2D eigenvalue weighted by Gasteiger charge is 2.58. The Balaban J connectivity index is 1.47. The monoisotopic (exact) mass is 387 g/mol. The molecule has 2 fully saturated rings. The van der Waals surface area contributed by atoms with Crippen LogP contribution in [0.3, 0.4) is 0 Å². The van der Waals surface area contributed by atoms with Crippen LogP contribution in [0, 0.1) is 0 Å². The molecule has 7 nitrogen and oxygen atoms in total. The molecule has 2 aliphatic heterocycles. The molecular weight excluding hydrogens is 370 g/mol. The van der Waals surface area contributed by atoms with Crippen molar-refractivity contribution in [3.05, 3.63) is 59.6 Å². The number of hydrogen-bond acceptors (Lipinski definition) is 6. The summed E-state index contributed by atoms with van der Waals surface area (Å²) in [6.07, 6.45) is 0.375. The third-order valence-corrected chi connectivity index (χ3v) is 5.78. The topological polar surface area (TPSA) is 89.6 Å². The second-order valence-electron chi connectivity index (χ2n) is 7.05. The second-order valence-corrected chi connectivity index (χ2v) is 7.41. The first kappa shape index (κ1) is 17.1. The predicted molar refractivity (Wildman–Crippen MR) is 97.2 cm³/mol. The second kappa shape index (κ2) is 6.25. The summed E-state index contributed by atoms with van der Waals surface area (Å²) < 4.78 is 13.8. The number of rotatable bonds is 2. The van der Waals surface area contributed by atoms with E-state index in [2.05, 4.69) is 9.97 Å². The lowest BCUT2D eigenvalue weighted by molar-refractivity contribution is -0.103. The van der Waals surface area contributed by atoms with Crippen LogP contribution in [0.15, 0.2) is 48.9 Å². The molecule has 3 aromatic rings. The molecule has 4 heterocycles. The summed E-state index contributed by atoms with van der Waals surface area (Å²) in [4.78, 5) is 8.21. The van der Waals surface area contributed by atoms with Crippen molar-refractivity contribution in [3.63, 3.8) is 0 Å². The Morgan fingerprint density at radius 3 is 2.78 bits per heavy atom. The summed E-state index contributed by atoms with van der Waals surface area (Å²) in [6.45, 7) is 0.205.